The third-order valence-corrected chi connectivity index (χ3v) is 2.60. The Labute approximate surface area is 80.3 Å². The lowest BCUT2D eigenvalue weighted by Gasteiger charge is -2.21. The molecule has 0 atom stereocenters. The standard InChI is InChI=1S/C10H20N2O/c1-8(2)4-7-12(3)9(13)10(11)5-6-10/h8H,4-7,11H2,1-3H3. The monoisotopic (exact) mass is 184 g/mol. The van der Waals surface area contributed by atoms with E-state index in [9.17, 15) is 4.79 Å². The number of likely N-dealkylation sites (N-methyl/N-ethyl adjacent to an activating group) is 1. The molecule has 0 heterocycles. The van der Waals surface area contributed by atoms with E-state index in [4.69, 9.17) is 5.73 Å². The molecule has 1 aliphatic carbocycles. The Hall–Kier alpha value is -0.570. The summed E-state index contributed by atoms with van der Waals surface area (Å²) < 4.78 is 0. The molecule has 3 nitrogen and oxygen atoms in total. The zero-order valence-electron chi connectivity index (χ0n) is 8.84. The molecule has 0 unspecified atom stereocenters. The number of carbonyl (C=O) groups is 1. The van der Waals surface area contributed by atoms with Gasteiger partial charge in [-0.15, -0.1) is 0 Å². The average molecular weight is 184 g/mol. The second-order valence-electron chi connectivity index (χ2n) is 4.57. The second-order valence-corrected chi connectivity index (χ2v) is 4.57. The van der Waals surface area contributed by atoms with Gasteiger partial charge in [0.05, 0.1) is 5.54 Å². The Morgan fingerprint density at radius 2 is 2.08 bits per heavy atom. The lowest BCUT2D eigenvalue weighted by Crippen LogP contribution is -2.44. The van der Waals surface area contributed by atoms with Crippen LogP contribution in [-0.2, 0) is 4.79 Å². The molecule has 1 fully saturated rings. The Balaban J connectivity index is 2.30. The van der Waals surface area contributed by atoms with E-state index >= 15 is 0 Å². The van der Waals surface area contributed by atoms with Gasteiger partial charge in [-0.3, -0.25) is 4.79 Å². The number of hydrogen-bond donors (Lipinski definition) is 1. The van der Waals surface area contributed by atoms with Crippen LogP contribution in [0.2, 0.25) is 0 Å². The number of carbonyl (C=O) groups excluding carboxylic acids is 1. The van der Waals surface area contributed by atoms with Crippen LogP contribution in [0, 0.1) is 5.92 Å². The largest absolute Gasteiger partial charge is 0.344 e. The highest BCUT2D eigenvalue weighted by molar-refractivity contribution is 5.88. The Kier molecular flexibility index (Phi) is 2.96. The number of rotatable bonds is 4. The first-order valence-corrected chi connectivity index (χ1v) is 5.00. The molecule has 1 saturated carbocycles. The van der Waals surface area contributed by atoms with Gasteiger partial charge in [-0.2, -0.15) is 0 Å². The minimum atomic E-state index is -0.494. The first kappa shape index (κ1) is 10.5. The van der Waals surface area contributed by atoms with E-state index in [2.05, 4.69) is 13.8 Å². The van der Waals surface area contributed by atoms with Crippen LogP contribution >= 0.6 is 0 Å². The minimum absolute atomic E-state index is 0.119. The summed E-state index contributed by atoms with van der Waals surface area (Å²) in [5.41, 5.74) is 5.31. The molecule has 0 aliphatic heterocycles. The van der Waals surface area contributed by atoms with Crippen molar-refractivity contribution < 1.29 is 4.79 Å². The lowest BCUT2D eigenvalue weighted by molar-refractivity contribution is -0.132. The van der Waals surface area contributed by atoms with E-state index in [1.165, 1.54) is 0 Å². The minimum Gasteiger partial charge on any atom is -0.344 e. The fourth-order valence-corrected chi connectivity index (χ4v) is 1.28. The predicted octanol–water partition coefficient (Wildman–Crippen LogP) is 0.982. The van der Waals surface area contributed by atoms with Crippen molar-refractivity contribution in [2.75, 3.05) is 13.6 Å². The summed E-state index contributed by atoms with van der Waals surface area (Å²) in [5, 5.41) is 0. The lowest BCUT2D eigenvalue weighted by atomic mass is 10.1. The maximum Gasteiger partial charge on any atom is 0.242 e. The fraction of sp³-hybridized carbons (Fsp3) is 0.900. The molecule has 0 aromatic rings. The summed E-state index contributed by atoms with van der Waals surface area (Å²) in [6.07, 6.45) is 2.77. The van der Waals surface area contributed by atoms with E-state index in [0.717, 1.165) is 25.8 Å². The van der Waals surface area contributed by atoms with Crippen LogP contribution in [-0.4, -0.2) is 29.9 Å². The van der Waals surface area contributed by atoms with Crippen molar-refractivity contribution in [2.45, 2.75) is 38.6 Å². The molecule has 0 bridgehead atoms. The number of nitrogens with zero attached hydrogens (tertiary/aromatic N) is 1. The van der Waals surface area contributed by atoms with Crippen LogP contribution in [0.4, 0.5) is 0 Å². The van der Waals surface area contributed by atoms with Crippen molar-refractivity contribution in [3.05, 3.63) is 0 Å². The highest BCUT2D eigenvalue weighted by atomic mass is 16.2. The van der Waals surface area contributed by atoms with E-state index in [0.29, 0.717) is 5.92 Å². The average Bonchev–Trinajstić information content (AvgIpc) is 2.79. The molecule has 1 aliphatic rings. The van der Waals surface area contributed by atoms with Crippen molar-refractivity contribution in [3.63, 3.8) is 0 Å². The summed E-state index contributed by atoms with van der Waals surface area (Å²) in [6.45, 7) is 5.15. The van der Waals surface area contributed by atoms with Crippen molar-refractivity contribution in [1.82, 2.24) is 4.90 Å². The van der Waals surface area contributed by atoms with Crippen molar-refractivity contribution in [3.8, 4) is 0 Å². The Morgan fingerprint density at radius 1 is 1.54 bits per heavy atom. The molecule has 2 N–H and O–H groups in total. The van der Waals surface area contributed by atoms with Gasteiger partial charge in [-0.1, -0.05) is 13.8 Å². The number of hydrogen-bond acceptors (Lipinski definition) is 2. The number of amides is 1. The maximum absolute atomic E-state index is 11.6. The van der Waals surface area contributed by atoms with Crippen LogP contribution in [0.3, 0.4) is 0 Å². The van der Waals surface area contributed by atoms with Gasteiger partial charge in [-0.25, -0.2) is 0 Å². The normalized spacial score (nSPS) is 18.8. The third kappa shape index (κ3) is 2.69. The van der Waals surface area contributed by atoms with E-state index in [1.807, 2.05) is 7.05 Å². The van der Waals surface area contributed by atoms with Crippen LogP contribution in [0.25, 0.3) is 0 Å². The summed E-state index contributed by atoms with van der Waals surface area (Å²) >= 11 is 0. The highest BCUT2D eigenvalue weighted by Gasteiger charge is 2.47. The van der Waals surface area contributed by atoms with E-state index in [1.54, 1.807) is 4.90 Å². The molecular weight excluding hydrogens is 164 g/mol. The SMILES string of the molecule is CC(C)CCN(C)C(=O)C1(N)CC1. The molecule has 3 heteroatoms. The van der Waals surface area contributed by atoms with Gasteiger partial charge in [0.25, 0.3) is 0 Å². The second kappa shape index (κ2) is 3.66. The fourth-order valence-electron chi connectivity index (χ4n) is 1.28. The maximum atomic E-state index is 11.6. The van der Waals surface area contributed by atoms with Crippen LogP contribution in [0.1, 0.15) is 33.1 Å². The van der Waals surface area contributed by atoms with Gasteiger partial charge < -0.3 is 10.6 Å². The molecule has 0 spiro atoms. The van der Waals surface area contributed by atoms with Gasteiger partial charge >= 0.3 is 0 Å². The molecule has 0 radical (unpaired) electrons. The summed E-state index contributed by atoms with van der Waals surface area (Å²) in [6, 6.07) is 0. The third-order valence-electron chi connectivity index (χ3n) is 2.60. The Morgan fingerprint density at radius 3 is 2.46 bits per heavy atom. The molecule has 0 saturated heterocycles. The first-order chi connectivity index (χ1) is 5.96. The van der Waals surface area contributed by atoms with Gasteiger partial charge in [0.2, 0.25) is 5.91 Å². The number of nitrogens with two attached hydrogens (primary N) is 1. The van der Waals surface area contributed by atoms with Crippen molar-refractivity contribution >= 4 is 5.91 Å². The van der Waals surface area contributed by atoms with Crippen molar-refractivity contribution in [2.24, 2.45) is 11.7 Å². The Bertz CT molecular complexity index is 197. The van der Waals surface area contributed by atoms with E-state index < -0.39 is 5.54 Å². The van der Waals surface area contributed by atoms with Gasteiger partial charge in [0.15, 0.2) is 0 Å². The molecular formula is C10H20N2O. The molecule has 1 amide bonds. The zero-order valence-corrected chi connectivity index (χ0v) is 8.84. The molecule has 13 heavy (non-hydrogen) atoms. The van der Waals surface area contributed by atoms with Gasteiger partial charge in [-0.05, 0) is 25.2 Å². The summed E-state index contributed by atoms with van der Waals surface area (Å²) in [5.74, 6) is 0.760. The van der Waals surface area contributed by atoms with Crippen LogP contribution < -0.4 is 5.73 Å². The first-order valence-electron chi connectivity index (χ1n) is 5.00. The molecule has 1 rings (SSSR count). The molecule has 0 aromatic carbocycles. The summed E-state index contributed by atoms with van der Waals surface area (Å²) in [4.78, 5) is 13.4. The zero-order chi connectivity index (χ0) is 10.1. The van der Waals surface area contributed by atoms with Gasteiger partial charge in [0, 0.05) is 13.6 Å². The quantitative estimate of drug-likeness (QED) is 0.708. The van der Waals surface area contributed by atoms with Crippen molar-refractivity contribution in [1.29, 1.82) is 0 Å². The molecule has 0 aromatic heterocycles. The predicted molar refractivity (Wildman–Crippen MR) is 53.2 cm³/mol. The highest BCUT2D eigenvalue weighted by Crippen LogP contribution is 2.33. The topological polar surface area (TPSA) is 46.3 Å². The van der Waals surface area contributed by atoms with Crippen LogP contribution in [0.5, 0.6) is 0 Å². The molecule has 76 valence electrons. The van der Waals surface area contributed by atoms with Crippen LogP contribution in [0.15, 0.2) is 0 Å². The van der Waals surface area contributed by atoms with E-state index in [-0.39, 0.29) is 5.91 Å². The smallest absolute Gasteiger partial charge is 0.242 e. The van der Waals surface area contributed by atoms with Gasteiger partial charge in [0.1, 0.15) is 0 Å². The summed E-state index contributed by atoms with van der Waals surface area (Å²) in [7, 11) is 1.84.